The standard InChI is InChI=1S/C17H25BrO6/c18-5-6-20-7-8-21-9-10-22-11-12-23-13-14-24-17-3-1-16(15-19)2-4-17/h1-4,15H,5-14H2. The summed E-state index contributed by atoms with van der Waals surface area (Å²) in [4.78, 5) is 10.5. The topological polar surface area (TPSA) is 63.2 Å². The van der Waals surface area contributed by atoms with Crippen molar-refractivity contribution in [3.8, 4) is 5.75 Å². The van der Waals surface area contributed by atoms with E-state index in [9.17, 15) is 4.79 Å². The van der Waals surface area contributed by atoms with Crippen LogP contribution >= 0.6 is 15.9 Å². The van der Waals surface area contributed by atoms with Gasteiger partial charge in [-0.3, -0.25) is 4.79 Å². The van der Waals surface area contributed by atoms with E-state index in [0.29, 0.717) is 65.0 Å². The number of benzene rings is 1. The summed E-state index contributed by atoms with van der Waals surface area (Å²) in [6.07, 6.45) is 0.802. The molecular formula is C17H25BrO6. The number of ether oxygens (including phenoxy) is 5. The fourth-order valence-corrected chi connectivity index (χ4v) is 1.91. The van der Waals surface area contributed by atoms with Crippen molar-refractivity contribution in [3.63, 3.8) is 0 Å². The van der Waals surface area contributed by atoms with Crippen LogP contribution in [0.3, 0.4) is 0 Å². The Kier molecular flexibility index (Phi) is 13.6. The van der Waals surface area contributed by atoms with Gasteiger partial charge in [-0.25, -0.2) is 0 Å². The number of rotatable bonds is 16. The number of hydrogen-bond donors (Lipinski definition) is 0. The van der Waals surface area contributed by atoms with Gasteiger partial charge in [0.25, 0.3) is 0 Å². The van der Waals surface area contributed by atoms with Gasteiger partial charge in [0.1, 0.15) is 18.6 Å². The quantitative estimate of drug-likeness (QED) is 0.239. The second-order valence-electron chi connectivity index (χ2n) is 4.67. The molecule has 7 heteroatoms. The van der Waals surface area contributed by atoms with E-state index in [1.165, 1.54) is 0 Å². The Bertz CT molecular complexity index is 412. The smallest absolute Gasteiger partial charge is 0.150 e. The van der Waals surface area contributed by atoms with Gasteiger partial charge < -0.3 is 23.7 Å². The van der Waals surface area contributed by atoms with Crippen LogP contribution in [0.4, 0.5) is 0 Å². The predicted molar refractivity (Wildman–Crippen MR) is 94.4 cm³/mol. The predicted octanol–water partition coefficient (Wildman–Crippen LogP) is 2.34. The highest BCUT2D eigenvalue weighted by atomic mass is 79.9. The van der Waals surface area contributed by atoms with Gasteiger partial charge in [-0.05, 0) is 24.3 Å². The Balaban J connectivity index is 1.81. The lowest BCUT2D eigenvalue weighted by atomic mass is 10.2. The van der Waals surface area contributed by atoms with Crippen molar-refractivity contribution < 1.29 is 28.5 Å². The summed E-state index contributed by atoms with van der Waals surface area (Å²) < 4.78 is 26.9. The second-order valence-corrected chi connectivity index (χ2v) is 5.47. The monoisotopic (exact) mass is 404 g/mol. The number of carbonyl (C=O) groups excluding carboxylic acids is 1. The molecule has 0 bridgehead atoms. The average molecular weight is 405 g/mol. The van der Waals surface area contributed by atoms with Crippen LogP contribution in [0, 0.1) is 0 Å². The highest BCUT2D eigenvalue weighted by Crippen LogP contribution is 2.10. The summed E-state index contributed by atoms with van der Waals surface area (Å²) in [6, 6.07) is 6.95. The third-order valence-corrected chi connectivity index (χ3v) is 3.17. The molecule has 0 radical (unpaired) electrons. The zero-order valence-corrected chi connectivity index (χ0v) is 15.4. The molecule has 136 valence electrons. The summed E-state index contributed by atoms with van der Waals surface area (Å²) in [6.45, 7) is 4.96. The Morgan fingerprint density at radius 3 is 1.62 bits per heavy atom. The lowest BCUT2D eigenvalue weighted by Gasteiger charge is -2.08. The normalized spacial score (nSPS) is 10.7. The van der Waals surface area contributed by atoms with E-state index in [2.05, 4.69) is 15.9 Å². The zero-order chi connectivity index (χ0) is 17.3. The highest BCUT2D eigenvalue weighted by molar-refractivity contribution is 9.09. The molecule has 0 amide bonds. The van der Waals surface area contributed by atoms with Crippen LogP contribution in [0.2, 0.25) is 0 Å². The van der Waals surface area contributed by atoms with Gasteiger partial charge in [0.2, 0.25) is 0 Å². The molecule has 0 saturated carbocycles. The van der Waals surface area contributed by atoms with Gasteiger partial charge in [-0.2, -0.15) is 0 Å². The summed E-state index contributed by atoms with van der Waals surface area (Å²) in [5, 5.41) is 0.841. The molecule has 6 nitrogen and oxygen atoms in total. The minimum atomic E-state index is 0.456. The van der Waals surface area contributed by atoms with E-state index < -0.39 is 0 Å². The molecule has 24 heavy (non-hydrogen) atoms. The Labute approximate surface area is 151 Å². The first-order chi connectivity index (χ1) is 11.9. The third-order valence-electron chi connectivity index (χ3n) is 2.85. The average Bonchev–Trinajstić information content (AvgIpc) is 2.62. The van der Waals surface area contributed by atoms with Crippen molar-refractivity contribution in [2.75, 3.05) is 64.8 Å². The lowest BCUT2D eigenvalue weighted by molar-refractivity contribution is -0.00315. The minimum absolute atomic E-state index is 0.456. The van der Waals surface area contributed by atoms with Crippen molar-refractivity contribution in [1.82, 2.24) is 0 Å². The molecule has 0 atom stereocenters. The van der Waals surface area contributed by atoms with Crippen LogP contribution < -0.4 is 4.74 Å². The molecule has 0 aromatic heterocycles. The van der Waals surface area contributed by atoms with Crippen molar-refractivity contribution >= 4 is 22.2 Å². The number of hydrogen-bond acceptors (Lipinski definition) is 6. The summed E-state index contributed by atoms with van der Waals surface area (Å²) in [7, 11) is 0. The molecule has 0 heterocycles. The summed E-state index contributed by atoms with van der Waals surface area (Å²) in [5.74, 6) is 0.720. The van der Waals surface area contributed by atoms with Gasteiger partial charge >= 0.3 is 0 Å². The fourth-order valence-electron chi connectivity index (χ4n) is 1.68. The molecule has 0 aliphatic heterocycles. The molecule has 0 unspecified atom stereocenters. The first-order valence-electron chi connectivity index (χ1n) is 7.92. The van der Waals surface area contributed by atoms with E-state index >= 15 is 0 Å². The van der Waals surface area contributed by atoms with Crippen LogP contribution in [-0.2, 0) is 18.9 Å². The van der Waals surface area contributed by atoms with E-state index in [1.807, 2.05) is 0 Å². The molecule has 0 aliphatic carbocycles. The third kappa shape index (κ3) is 11.5. The largest absolute Gasteiger partial charge is 0.491 e. The first kappa shape index (κ1) is 21.1. The Morgan fingerprint density at radius 1 is 0.708 bits per heavy atom. The molecule has 1 aromatic rings. The lowest BCUT2D eigenvalue weighted by Crippen LogP contribution is -2.14. The zero-order valence-electron chi connectivity index (χ0n) is 13.8. The number of aldehydes is 1. The van der Waals surface area contributed by atoms with Crippen LogP contribution in [0.1, 0.15) is 10.4 Å². The molecular weight excluding hydrogens is 380 g/mol. The van der Waals surface area contributed by atoms with Crippen LogP contribution in [0.25, 0.3) is 0 Å². The van der Waals surface area contributed by atoms with Crippen molar-refractivity contribution in [2.45, 2.75) is 0 Å². The van der Waals surface area contributed by atoms with Gasteiger partial charge in [0.05, 0.1) is 52.9 Å². The van der Waals surface area contributed by atoms with Crippen molar-refractivity contribution in [2.24, 2.45) is 0 Å². The van der Waals surface area contributed by atoms with Crippen LogP contribution in [0.5, 0.6) is 5.75 Å². The molecule has 0 fully saturated rings. The maximum absolute atomic E-state index is 10.5. The highest BCUT2D eigenvalue weighted by Gasteiger charge is 1.96. The second kappa shape index (κ2) is 15.5. The van der Waals surface area contributed by atoms with E-state index in [0.717, 1.165) is 17.4 Å². The molecule has 0 aliphatic rings. The fraction of sp³-hybridized carbons (Fsp3) is 0.588. The van der Waals surface area contributed by atoms with Crippen molar-refractivity contribution in [3.05, 3.63) is 29.8 Å². The minimum Gasteiger partial charge on any atom is -0.491 e. The van der Waals surface area contributed by atoms with Gasteiger partial charge in [0, 0.05) is 10.9 Å². The van der Waals surface area contributed by atoms with E-state index in [4.69, 9.17) is 23.7 Å². The maximum atomic E-state index is 10.5. The number of carbonyl (C=O) groups is 1. The van der Waals surface area contributed by atoms with Gasteiger partial charge in [0.15, 0.2) is 0 Å². The molecule has 1 rings (SSSR count). The Morgan fingerprint density at radius 2 is 1.17 bits per heavy atom. The summed E-state index contributed by atoms with van der Waals surface area (Å²) >= 11 is 3.28. The number of halogens is 1. The molecule has 0 spiro atoms. The molecule has 0 saturated heterocycles. The molecule has 0 N–H and O–H groups in total. The van der Waals surface area contributed by atoms with Gasteiger partial charge in [-0.15, -0.1) is 0 Å². The maximum Gasteiger partial charge on any atom is 0.150 e. The van der Waals surface area contributed by atoms with Crippen molar-refractivity contribution in [1.29, 1.82) is 0 Å². The van der Waals surface area contributed by atoms with E-state index in [1.54, 1.807) is 24.3 Å². The number of alkyl halides is 1. The summed E-state index contributed by atoms with van der Waals surface area (Å²) in [5.41, 5.74) is 0.631. The SMILES string of the molecule is O=Cc1ccc(OCCOCCOCCOCCOCCBr)cc1. The van der Waals surface area contributed by atoms with E-state index in [-0.39, 0.29) is 0 Å². The molecule has 1 aromatic carbocycles. The van der Waals surface area contributed by atoms with Crippen LogP contribution in [-0.4, -0.2) is 71.1 Å². The van der Waals surface area contributed by atoms with Crippen LogP contribution in [0.15, 0.2) is 24.3 Å². The first-order valence-corrected chi connectivity index (χ1v) is 9.04. The Hall–Kier alpha value is -0.990. The van der Waals surface area contributed by atoms with Gasteiger partial charge in [-0.1, -0.05) is 15.9 Å².